The largest absolute Gasteiger partial charge is 0.341 e. The molecule has 1 N–H and O–H groups in total. The van der Waals surface area contributed by atoms with E-state index in [0.717, 1.165) is 17.3 Å². The molecule has 0 fully saturated rings. The Morgan fingerprint density at radius 1 is 1.50 bits per heavy atom. The normalized spacial score (nSPS) is 12.2. The molecule has 1 atom stereocenters. The van der Waals surface area contributed by atoms with Crippen molar-refractivity contribution in [3.63, 3.8) is 0 Å². The molecule has 20 heavy (non-hydrogen) atoms. The highest BCUT2D eigenvalue weighted by molar-refractivity contribution is 9.10. The second kappa shape index (κ2) is 6.90. The molecular formula is C14H15BrClN3O. The molecule has 0 radical (unpaired) electrons. The molecule has 0 aliphatic carbocycles. The van der Waals surface area contributed by atoms with Crippen LogP contribution in [0.2, 0.25) is 5.02 Å². The van der Waals surface area contributed by atoms with Crippen LogP contribution in [0.4, 0.5) is 5.82 Å². The predicted molar refractivity (Wildman–Crippen MR) is 84.0 cm³/mol. The Balaban J connectivity index is 2.13. The highest BCUT2D eigenvalue weighted by atomic mass is 79.9. The van der Waals surface area contributed by atoms with Crippen LogP contribution in [0, 0.1) is 0 Å². The number of aromatic nitrogens is 2. The molecular weight excluding hydrogens is 342 g/mol. The molecule has 0 aliphatic heterocycles. The first-order valence-electron chi connectivity index (χ1n) is 6.35. The fraction of sp³-hybridized carbons (Fsp3) is 0.286. The minimum atomic E-state index is -0.247. The third kappa shape index (κ3) is 3.84. The monoisotopic (exact) mass is 355 g/mol. The third-order valence-electron chi connectivity index (χ3n) is 2.88. The van der Waals surface area contributed by atoms with E-state index in [0.29, 0.717) is 10.8 Å². The smallest absolute Gasteiger partial charge is 0.248 e. The lowest BCUT2D eigenvalue weighted by atomic mass is 10.1. The second-order valence-electron chi connectivity index (χ2n) is 4.43. The van der Waals surface area contributed by atoms with E-state index in [9.17, 15) is 4.79 Å². The van der Waals surface area contributed by atoms with Gasteiger partial charge in [0.2, 0.25) is 5.91 Å². The van der Waals surface area contributed by atoms with Crippen molar-refractivity contribution >= 4 is 39.3 Å². The number of amides is 1. The molecule has 0 saturated heterocycles. The summed E-state index contributed by atoms with van der Waals surface area (Å²) in [5.41, 5.74) is 0. The Labute approximate surface area is 131 Å². The van der Waals surface area contributed by atoms with Crippen LogP contribution in [0.5, 0.6) is 0 Å². The van der Waals surface area contributed by atoms with E-state index < -0.39 is 0 Å². The predicted octanol–water partition coefficient (Wildman–Crippen LogP) is 4.28. The number of nitrogens with zero attached hydrogens (tertiary/aromatic N) is 2. The van der Waals surface area contributed by atoms with Gasteiger partial charge in [0.05, 0.1) is 5.02 Å². The Bertz CT molecular complexity index is 582. The van der Waals surface area contributed by atoms with Crippen molar-refractivity contribution in [2.45, 2.75) is 25.8 Å². The maximum Gasteiger partial charge on any atom is 0.248 e. The number of carbonyl (C=O) groups is 1. The molecule has 2 aromatic heterocycles. The van der Waals surface area contributed by atoms with Gasteiger partial charge in [-0.05, 0) is 40.5 Å². The number of halogens is 2. The first-order valence-corrected chi connectivity index (χ1v) is 7.52. The van der Waals surface area contributed by atoms with Gasteiger partial charge in [-0.25, -0.2) is 4.98 Å². The summed E-state index contributed by atoms with van der Waals surface area (Å²) in [5.74, 6) is 0.427. The van der Waals surface area contributed by atoms with Gasteiger partial charge < -0.3 is 9.88 Å². The van der Waals surface area contributed by atoms with Crippen LogP contribution in [-0.4, -0.2) is 15.5 Å². The molecule has 1 amide bonds. The van der Waals surface area contributed by atoms with Crippen molar-refractivity contribution in [1.82, 2.24) is 9.55 Å². The van der Waals surface area contributed by atoms with Gasteiger partial charge in [0.1, 0.15) is 11.9 Å². The first kappa shape index (κ1) is 15.1. The number of nitrogens with one attached hydrogen (secondary N) is 1. The van der Waals surface area contributed by atoms with Crippen molar-refractivity contribution in [2.75, 3.05) is 5.32 Å². The fourth-order valence-electron chi connectivity index (χ4n) is 1.93. The van der Waals surface area contributed by atoms with E-state index in [1.165, 1.54) is 6.20 Å². The summed E-state index contributed by atoms with van der Waals surface area (Å²) in [6, 6.07) is 5.06. The van der Waals surface area contributed by atoms with E-state index in [4.69, 9.17) is 11.6 Å². The Kier molecular flexibility index (Phi) is 5.20. The zero-order valence-corrected chi connectivity index (χ0v) is 13.4. The fourth-order valence-corrected chi connectivity index (χ4v) is 2.39. The Morgan fingerprint density at radius 2 is 2.30 bits per heavy atom. The minimum absolute atomic E-state index is 0.0789. The minimum Gasteiger partial charge on any atom is -0.341 e. The number of rotatable bonds is 5. The number of hydrogen-bond acceptors (Lipinski definition) is 2. The highest BCUT2D eigenvalue weighted by Gasteiger charge is 2.19. The molecule has 0 aliphatic rings. The summed E-state index contributed by atoms with van der Waals surface area (Å²) in [4.78, 5) is 16.5. The van der Waals surface area contributed by atoms with Gasteiger partial charge in [-0.15, -0.1) is 0 Å². The van der Waals surface area contributed by atoms with Crippen molar-refractivity contribution < 1.29 is 4.79 Å². The average molecular weight is 357 g/mol. The van der Waals surface area contributed by atoms with Crippen LogP contribution in [0.3, 0.4) is 0 Å². The van der Waals surface area contributed by atoms with Crippen LogP contribution >= 0.6 is 27.5 Å². The van der Waals surface area contributed by atoms with Crippen molar-refractivity contribution in [2.24, 2.45) is 0 Å². The van der Waals surface area contributed by atoms with Gasteiger partial charge in [0.25, 0.3) is 0 Å². The summed E-state index contributed by atoms with van der Waals surface area (Å²) < 4.78 is 2.86. The number of anilines is 1. The van der Waals surface area contributed by atoms with Crippen molar-refractivity contribution in [3.05, 3.63) is 46.3 Å². The summed E-state index contributed by atoms with van der Waals surface area (Å²) in [6.45, 7) is 2.05. The van der Waals surface area contributed by atoms with E-state index >= 15 is 0 Å². The first-order chi connectivity index (χ1) is 9.60. The summed E-state index contributed by atoms with van der Waals surface area (Å²) in [7, 11) is 0. The molecule has 2 aromatic rings. The molecule has 6 heteroatoms. The molecule has 106 valence electrons. The lowest BCUT2D eigenvalue weighted by molar-refractivity contribution is -0.119. The SMILES string of the molecule is CCCC(C(=O)Nc1ccc(Cl)cn1)n1ccc(Br)c1. The lowest BCUT2D eigenvalue weighted by Gasteiger charge is -2.17. The molecule has 0 spiro atoms. The van der Waals surface area contributed by atoms with Gasteiger partial charge in [-0.1, -0.05) is 24.9 Å². The molecule has 2 rings (SSSR count). The van der Waals surface area contributed by atoms with Crippen molar-refractivity contribution in [3.8, 4) is 0 Å². The van der Waals surface area contributed by atoms with Crippen LogP contribution in [0.15, 0.2) is 41.3 Å². The number of carbonyl (C=O) groups excluding carboxylic acids is 1. The maximum absolute atomic E-state index is 12.4. The number of pyridine rings is 1. The van der Waals surface area contributed by atoms with E-state index in [2.05, 4.69) is 33.2 Å². The van der Waals surface area contributed by atoms with Crippen LogP contribution < -0.4 is 5.32 Å². The standard InChI is InChI=1S/C14H15BrClN3O/c1-2-3-12(19-7-6-10(15)9-19)14(20)18-13-5-4-11(16)8-17-13/h4-9,12H,2-3H2,1H3,(H,17,18,20). The Morgan fingerprint density at radius 3 is 2.85 bits per heavy atom. The van der Waals surface area contributed by atoms with Gasteiger partial charge >= 0.3 is 0 Å². The lowest BCUT2D eigenvalue weighted by Crippen LogP contribution is -2.25. The topological polar surface area (TPSA) is 46.9 Å². The average Bonchev–Trinajstić information content (AvgIpc) is 2.85. The van der Waals surface area contributed by atoms with E-state index in [-0.39, 0.29) is 11.9 Å². The molecule has 4 nitrogen and oxygen atoms in total. The van der Waals surface area contributed by atoms with Crippen LogP contribution in [0.1, 0.15) is 25.8 Å². The zero-order valence-electron chi connectivity index (χ0n) is 11.0. The van der Waals surface area contributed by atoms with Crippen molar-refractivity contribution in [1.29, 1.82) is 0 Å². The Hall–Kier alpha value is -1.33. The molecule has 2 heterocycles. The number of hydrogen-bond donors (Lipinski definition) is 1. The van der Waals surface area contributed by atoms with Gasteiger partial charge in [0, 0.05) is 23.1 Å². The van der Waals surface area contributed by atoms with Crippen LogP contribution in [0.25, 0.3) is 0 Å². The summed E-state index contributed by atoms with van der Waals surface area (Å²) in [6.07, 6.45) is 6.98. The third-order valence-corrected chi connectivity index (χ3v) is 3.57. The van der Waals surface area contributed by atoms with Crippen LogP contribution in [-0.2, 0) is 4.79 Å². The summed E-state index contributed by atoms with van der Waals surface area (Å²) >= 11 is 9.17. The molecule has 1 unspecified atom stereocenters. The molecule has 0 bridgehead atoms. The maximum atomic E-state index is 12.4. The van der Waals surface area contributed by atoms with Gasteiger partial charge in [-0.3, -0.25) is 4.79 Å². The zero-order chi connectivity index (χ0) is 14.5. The van der Waals surface area contributed by atoms with E-state index in [1.807, 2.05) is 23.0 Å². The quantitative estimate of drug-likeness (QED) is 0.869. The highest BCUT2D eigenvalue weighted by Crippen LogP contribution is 2.20. The van der Waals surface area contributed by atoms with Gasteiger partial charge in [0.15, 0.2) is 0 Å². The van der Waals surface area contributed by atoms with E-state index in [1.54, 1.807) is 12.1 Å². The molecule has 0 saturated carbocycles. The molecule has 0 aromatic carbocycles. The van der Waals surface area contributed by atoms with Gasteiger partial charge in [-0.2, -0.15) is 0 Å². The second-order valence-corrected chi connectivity index (χ2v) is 5.78. The summed E-state index contributed by atoms with van der Waals surface area (Å²) in [5, 5.41) is 3.36.